The highest BCUT2D eigenvalue weighted by atomic mass is 16.4. The van der Waals surface area contributed by atoms with Crippen molar-refractivity contribution in [2.75, 3.05) is 13.1 Å². The van der Waals surface area contributed by atoms with Crippen molar-refractivity contribution in [2.24, 2.45) is 5.41 Å². The third kappa shape index (κ3) is 2.87. The molecule has 1 aromatic rings. The minimum Gasteiger partial charge on any atom is -0.481 e. The molecule has 5 nitrogen and oxygen atoms in total. The van der Waals surface area contributed by atoms with Crippen LogP contribution in [0.4, 0.5) is 0 Å². The van der Waals surface area contributed by atoms with Gasteiger partial charge in [0.2, 0.25) is 0 Å². The summed E-state index contributed by atoms with van der Waals surface area (Å²) < 4.78 is 2.16. The van der Waals surface area contributed by atoms with Crippen molar-refractivity contribution in [3.05, 3.63) is 18.2 Å². The van der Waals surface area contributed by atoms with E-state index in [1.54, 1.807) is 0 Å². The summed E-state index contributed by atoms with van der Waals surface area (Å²) in [5.41, 5.74) is 0.596. The largest absolute Gasteiger partial charge is 0.481 e. The zero-order chi connectivity index (χ0) is 14.8. The summed E-state index contributed by atoms with van der Waals surface area (Å²) >= 11 is 0. The van der Waals surface area contributed by atoms with Crippen molar-refractivity contribution in [3.8, 4) is 0 Å². The number of carboxylic acids is 1. The number of carboxylic acid groups (broad SMARTS) is 1. The van der Waals surface area contributed by atoms with Gasteiger partial charge in [-0.2, -0.15) is 0 Å². The van der Waals surface area contributed by atoms with Gasteiger partial charge in [-0.3, -0.25) is 9.69 Å². The smallest absolute Gasteiger partial charge is 0.310 e. The van der Waals surface area contributed by atoms with Crippen molar-refractivity contribution in [1.29, 1.82) is 0 Å². The number of nitrogens with zero attached hydrogens (tertiary/aromatic N) is 3. The predicted molar refractivity (Wildman–Crippen MR) is 77.5 cm³/mol. The van der Waals surface area contributed by atoms with Crippen LogP contribution in [0.5, 0.6) is 0 Å². The molecule has 2 rings (SSSR count). The Morgan fingerprint density at radius 2 is 2.30 bits per heavy atom. The number of carbonyl (C=O) groups is 1. The summed E-state index contributed by atoms with van der Waals surface area (Å²) in [7, 11) is 0. The maximum Gasteiger partial charge on any atom is 0.310 e. The molecule has 0 saturated carbocycles. The van der Waals surface area contributed by atoms with Gasteiger partial charge in [0, 0.05) is 25.3 Å². The van der Waals surface area contributed by atoms with Crippen LogP contribution in [0.15, 0.2) is 12.5 Å². The van der Waals surface area contributed by atoms with Crippen molar-refractivity contribution in [2.45, 2.75) is 52.6 Å². The van der Waals surface area contributed by atoms with E-state index in [0.717, 1.165) is 31.6 Å². The Morgan fingerprint density at radius 1 is 1.55 bits per heavy atom. The Bertz CT molecular complexity index is 469. The number of hydrogen-bond donors (Lipinski definition) is 1. The quantitative estimate of drug-likeness (QED) is 0.900. The third-order valence-electron chi connectivity index (χ3n) is 4.47. The molecule has 1 aliphatic heterocycles. The summed E-state index contributed by atoms with van der Waals surface area (Å²) in [5.74, 6) is -0.651. The first-order valence-corrected chi connectivity index (χ1v) is 7.45. The molecule has 1 atom stereocenters. The predicted octanol–water partition coefficient (Wildman–Crippen LogP) is 2.54. The molecule has 0 aromatic carbocycles. The van der Waals surface area contributed by atoms with Crippen molar-refractivity contribution < 1.29 is 9.90 Å². The van der Waals surface area contributed by atoms with Crippen LogP contribution < -0.4 is 0 Å². The fourth-order valence-electron chi connectivity index (χ4n) is 3.13. The normalized spacial score (nSPS) is 24.2. The van der Waals surface area contributed by atoms with Gasteiger partial charge < -0.3 is 9.67 Å². The Morgan fingerprint density at radius 3 is 2.90 bits per heavy atom. The van der Waals surface area contributed by atoms with Crippen molar-refractivity contribution in [3.63, 3.8) is 0 Å². The van der Waals surface area contributed by atoms with Gasteiger partial charge in [-0.05, 0) is 39.7 Å². The Hall–Kier alpha value is -1.36. The van der Waals surface area contributed by atoms with Crippen LogP contribution in [0, 0.1) is 5.41 Å². The van der Waals surface area contributed by atoms with E-state index in [9.17, 15) is 9.90 Å². The molecule has 0 spiro atoms. The van der Waals surface area contributed by atoms with Gasteiger partial charge in [-0.15, -0.1) is 0 Å². The van der Waals surface area contributed by atoms with E-state index in [-0.39, 0.29) is 0 Å². The summed E-state index contributed by atoms with van der Waals surface area (Å²) in [6.45, 7) is 8.65. The summed E-state index contributed by atoms with van der Waals surface area (Å²) in [4.78, 5) is 18.1. The fourth-order valence-corrected chi connectivity index (χ4v) is 3.13. The molecule has 0 bridgehead atoms. The van der Waals surface area contributed by atoms with Gasteiger partial charge in [0.1, 0.15) is 0 Å². The molecule has 20 heavy (non-hydrogen) atoms. The number of hydrogen-bond acceptors (Lipinski definition) is 3. The van der Waals surface area contributed by atoms with E-state index in [2.05, 4.69) is 28.3 Å². The SMILES string of the molecule is CCC1(C(=O)O)CCCN(Cc2cncn2C(C)C)C1. The van der Waals surface area contributed by atoms with E-state index in [0.29, 0.717) is 19.0 Å². The van der Waals surface area contributed by atoms with E-state index in [1.807, 2.05) is 19.4 Å². The zero-order valence-electron chi connectivity index (χ0n) is 12.7. The van der Waals surface area contributed by atoms with Gasteiger partial charge >= 0.3 is 5.97 Å². The average molecular weight is 279 g/mol. The van der Waals surface area contributed by atoms with E-state index in [1.165, 1.54) is 0 Å². The second-order valence-corrected chi connectivity index (χ2v) is 6.14. The van der Waals surface area contributed by atoms with E-state index in [4.69, 9.17) is 0 Å². The lowest BCUT2D eigenvalue weighted by Crippen LogP contribution is -2.47. The van der Waals surface area contributed by atoms with Crippen LogP contribution in [-0.4, -0.2) is 38.6 Å². The molecule has 0 radical (unpaired) electrons. The second kappa shape index (κ2) is 5.95. The molecular formula is C15H25N3O2. The lowest BCUT2D eigenvalue weighted by molar-refractivity contribution is -0.153. The van der Waals surface area contributed by atoms with Crippen molar-refractivity contribution in [1.82, 2.24) is 14.5 Å². The highest BCUT2D eigenvalue weighted by Crippen LogP contribution is 2.34. The molecule has 2 heterocycles. The molecular weight excluding hydrogens is 254 g/mol. The third-order valence-corrected chi connectivity index (χ3v) is 4.47. The highest BCUT2D eigenvalue weighted by molar-refractivity contribution is 5.75. The molecule has 0 amide bonds. The molecule has 0 aliphatic carbocycles. The Kier molecular flexibility index (Phi) is 4.48. The average Bonchev–Trinajstić information content (AvgIpc) is 2.87. The highest BCUT2D eigenvalue weighted by Gasteiger charge is 2.40. The Labute approximate surface area is 120 Å². The van der Waals surface area contributed by atoms with E-state index < -0.39 is 11.4 Å². The molecule has 1 saturated heterocycles. The minimum absolute atomic E-state index is 0.382. The number of imidazole rings is 1. The summed E-state index contributed by atoms with van der Waals surface area (Å²) in [5, 5.41) is 9.53. The Balaban J connectivity index is 2.10. The maximum absolute atomic E-state index is 11.6. The van der Waals surface area contributed by atoms with Gasteiger partial charge in [0.05, 0.1) is 17.4 Å². The topological polar surface area (TPSA) is 58.4 Å². The zero-order valence-corrected chi connectivity index (χ0v) is 12.7. The number of likely N-dealkylation sites (tertiary alicyclic amines) is 1. The summed E-state index contributed by atoms with van der Waals surface area (Å²) in [6, 6.07) is 0.382. The van der Waals surface area contributed by atoms with Crippen molar-refractivity contribution >= 4 is 5.97 Å². The molecule has 5 heteroatoms. The van der Waals surface area contributed by atoms with Crippen LogP contribution in [0.2, 0.25) is 0 Å². The molecule has 1 fully saturated rings. The van der Waals surface area contributed by atoms with Crippen LogP contribution >= 0.6 is 0 Å². The van der Waals surface area contributed by atoms with Gasteiger partial charge in [0.25, 0.3) is 0 Å². The number of rotatable bonds is 5. The first kappa shape index (κ1) is 15.0. The molecule has 112 valence electrons. The first-order chi connectivity index (χ1) is 9.48. The fraction of sp³-hybridized carbons (Fsp3) is 0.733. The molecule has 1 unspecified atom stereocenters. The van der Waals surface area contributed by atoms with Crippen LogP contribution in [0.25, 0.3) is 0 Å². The van der Waals surface area contributed by atoms with Crippen LogP contribution in [0.1, 0.15) is 51.8 Å². The summed E-state index contributed by atoms with van der Waals surface area (Å²) in [6.07, 6.45) is 6.19. The van der Waals surface area contributed by atoms with Gasteiger partial charge in [-0.25, -0.2) is 4.98 Å². The lowest BCUT2D eigenvalue weighted by atomic mass is 9.77. The molecule has 1 aliphatic rings. The molecule has 1 N–H and O–H groups in total. The molecule has 1 aromatic heterocycles. The number of aromatic nitrogens is 2. The first-order valence-electron chi connectivity index (χ1n) is 7.45. The van der Waals surface area contributed by atoms with Gasteiger partial charge in [-0.1, -0.05) is 6.92 Å². The van der Waals surface area contributed by atoms with E-state index >= 15 is 0 Å². The number of aliphatic carboxylic acids is 1. The van der Waals surface area contributed by atoms with Crippen LogP contribution in [-0.2, 0) is 11.3 Å². The second-order valence-electron chi connectivity index (χ2n) is 6.14. The standard InChI is InChI=1S/C15H25N3O2/c1-4-15(14(19)20)6-5-7-17(10-15)9-13-8-16-11-18(13)12(2)3/h8,11-12H,4-7,9-10H2,1-3H3,(H,19,20). The number of piperidine rings is 1. The lowest BCUT2D eigenvalue weighted by Gasteiger charge is -2.39. The monoisotopic (exact) mass is 279 g/mol. The van der Waals surface area contributed by atoms with Crippen LogP contribution in [0.3, 0.4) is 0 Å². The van der Waals surface area contributed by atoms with Gasteiger partial charge in [0.15, 0.2) is 0 Å². The minimum atomic E-state index is -0.651. The maximum atomic E-state index is 11.6.